The lowest BCUT2D eigenvalue weighted by atomic mass is 9.96. The fraction of sp³-hybridized carbons (Fsp3) is 0.440. The summed E-state index contributed by atoms with van der Waals surface area (Å²) in [4.78, 5) is 31.8. The number of carbonyl (C=O) groups excluding carboxylic acids is 2. The van der Waals surface area contributed by atoms with Crippen molar-refractivity contribution in [1.29, 1.82) is 0 Å². The number of piperazine rings is 1. The van der Waals surface area contributed by atoms with Gasteiger partial charge in [0.1, 0.15) is 0 Å². The van der Waals surface area contributed by atoms with Crippen LogP contribution < -0.4 is 15.5 Å². The second kappa shape index (κ2) is 10.5. The third-order valence-electron chi connectivity index (χ3n) is 6.50. The zero-order valence-electron chi connectivity index (χ0n) is 18.8. The van der Waals surface area contributed by atoms with Crippen molar-refractivity contribution in [3.63, 3.8) is 0 Å². The van der Waals surface area contributed by atoms with E-state index in [1.165, 1.54) is 5.69 Å². The maximum Gasteiger partial charge on any atom is 0.321 e. The van der Waals surface area contributed by atoms with E-state index in [0.717, 1.165) is 44.1 Å². The molecular formula is C25H33N5O2. The zero-order valence-corrected chi connectivity index (χ0v) is 18.8. The van der Waals surface area contributed by atoms with Crippen molar-refractivity contribution in [3.05, 3.63) is 54.6 Å². The molecule has 0 spiro atoms. The number of likely N-dealkylation sites (tertiary alicyclic amines) is 1. The van der Waals surface area contributed by atoms with E-state index in [-0.39, 0.29) is 17.9 Å². The van der Waals surface area contributed by atoms with Gasteiger partial charge >= 0.3 is 6.03 Å². The number of piperidine rings is 1. The first-order valence-corrected chi connectivity index (χ1v) is 11.6. The number of nitrogens with one attached hydrogen (secondary N) is 2. The number of nitrogens with zero attached hydrogens (tertiary/aromatic N) is 3. The van der Waals surface area contributed by atoms with Gasteiger partial charge in [0.2, 0.25) is 5.91 Å². The highest BCUT2D eigenvalue weighted by Crippen LogP contribution is 2.23. The Balaban J connectivity index is 1.23. The van der Waals surface area contributed by atoms with Gasteiger partial charge in [-0.25, -0.2) is 4.79 Å². The van der Waals surface area contributed by atoms with Crippen LogP contribution >= 0.6 is 0 Å². The van der Waals surface area contributed by atoms with Gasteiger partial charge in [-0.3, -0.25) is 4.79 Å². The highest BCUT2D eigenvalue weighted by molar-refractivity contribution is 5.93. The molecule has 2 N–H and O–H groups in total. The van der Waals surface area contributed by atoms with Crippen molar-refractivity contribution < 1.29 is 9.59 Å². The number of hydrogen-bond acceptors (Lipinski definition) is 4. The largest absolute Gasteiger partial charge is 0.369 e. The molecule has 0 radical (unpaired) electrons. The first kappa shape index (κ1) is 22.1. The van der Waals surface area contributed by atoms with Gasteiger partial charge in [-0.2, -0.15) is 0 Å². The van der Waals surface area contributed by atoms with Crippen molar-refractivity contribution in [2.75, 3.05) is 61.3 Å². The summed E-state index contributed by atoms with van der Waals surface area (Å²) in [6.45, 7) is 8.74. The Labute approximate surface area is 190 Å². The molecule has 32 heavy (non-hydrogen) atoms. The van der Waals surface area contributed by atoms with Crippen molar-refractivity contribution in [3.8, 4) is 0 Å². The standard InChI is InChI=1S/C25H33N5O2/c1-2-28-16-18-29(19-17-28)23-10-8-22(9-11-23)26-24(31)20-12-14-30(15-13-20)25(32)27-21-6-4-3-5-7-21/h3-11,20H,2,12-19H2,1H3,(H,26,31)(H,27,32). The number of carbonyl (C=O) groups is 2. The Bertz CT molecular complexity index is 886. The van der Waals surface area contributed by atoms with Gasteiger partial charge in [0.15, 0.2) is 0 Å². The molecule has 2 fully saturated rings. The van der Waals surface area contributed by atoms with Gasteiger partial charge in [-0.1, -0.05) is 25.1 Å². The summed E-state index contributed by atoms with van der Waals surface area (Å²) in [6.07, 6.45) is 1.35. The van der Waals surface area contributed by atoms with Crippen LogP contribution in [0.5, 0.6) is 0 Å². The van der Waals surface area contributed by atoms with E-state index < -0.39 is 0 Å². The molecule has 0 aromatic heterocycles. The smallest absolute Gasteiger partial charge is 0.321 e. The molecule has 4 rings (SSSR count). The number of urea groups is 1. The molecule has 2 saturated heterocycles. The quantitative estimate of drug-likeness (QED) is 0.751. The van der Waals surface area contributed by atoms with E-state index in [2.05, 4.69) is 39.5 Å². The number of para-hydroxylation sites is 1. The first-order chi connectivity index (χ1) is 15.6. The van der Waals surface area contributed by atoms with Gasteiger partial charge in [0.05, 0.1) is 0 Å². The Morgan fingerprint density at radius 1 is 0.812 bits per heavy atom. The fourth-order valence-corrected chi connectivity index (χ4v) is 4.39. The summed E-state index contributed by atoms with van der Waals surface area (Å²) in [6, 6.07) is 17.5. The van der Waals surface area contributed by atoms with Crippen molar-refractivity contribution >= 4 is 29.0 Å². The van der Waals surface area contributed by atoms with Gasteiger partial charge < -0.3 is 25.3 Å². The molecule has 0 atom stereocenters. The van der Waals surface area contributed by atoms with E-state index in [1.807, 2.05) is 42.5 Å². The van der Waals surface area contributed by atoms with Gasteiger partial charge in [0, 0.05) is 62.2 Å². The highest BCUT2D eigenvalue weighted by atomic mass is 16.2. The fourth-order valence-electron chi connectivity index (χ4n) is 4.39. The normalized spacial score (nSPS) is 17.8. The van der Waals surface area contributed by atoms with Crippen LogP contribution in [0.4, 0.5) is 21.9 Å². The monoisotopic (exact) mass is 435 g/mol. The molecule has 2 aliphatic heterocycles. The molecule has 0 unspecified atom stereocenters. The van der Waals surface area contributed by atoms with E-state index >= 15 is 0 Å². The topological polar surface area (TPSA) is 67.9 Å². The predicted octanol–water partition coefficient (Wildman–Crippen LogP) is 3.71. The number of benzene rings is 2. The van der Waals surface area contributed by atoms with Gasteiger partial charge in [-0.05, 0) is 55.8 Å². The molecule has 2 aromatic carbocycles. The summed E-state index contributed by atoms with van der Waals surface area (Å²) in [5.41, 5.74) is 2.82. The molecule has 0 saturated carbocycles. The molecule has 2 aliphatic rings. The van der Waals surface area contributed by atoms with E-state index in [1.54, 1.807) is 4.90 Å². The summed E-state index contributed by atoms with van der Waals surface area (Å²) in [5.74, 6) is -0.0324. The summed E-state index contributed by atoms with van der Waals surface area (Å²) in [7, 11) is 0. The van der Waals surface area contributed by atoms with Crippen molar-refractivity contribution in [2.45, 2.75) is 19.8 Å². The van der Waals surface area contributed by atoms with E-state index in [4.69, 9.17) is 0 Å². The maximum absolute atomic E-state index is 12.7. The van der Waals surface area contributed by atoms with Crippen LogP contribution in [0.2, 0.25) is 0 Å². The summed E-state index contributed by atoms with van der Waals surface area (Å²) < 4.78 is 0. The third-order valence-corrected chi connectivity index (χ3v) is 6.50. The van der Waals surface area contributed by atoms with Crippen LogP contribution in [0.3, 0.4) is 0 Å². The minimum Gasteiger partial charge on any atom is -0.369 e. The van der Waals surface area contributed by atoms with Crippen molar-refractivity contribution in [2.24, 2.45) is 5.92 Å². The number of rotatable bonds is 5. The lowest BCUT2D eigenvalue weighted by molar-refractivity contribution is -0.121. The Morgan fingerprint density at radius 2 is 1.44 bits per heavy atom. The molecule has 7 nitrogen and oxygen atoms in total. The zero-order chi connectivity index (χ0) is 22.3. The number of amides is 3. The minimum atomic E-state index is -0.106. The lowest BCUT2D eigenvalue weighted by Gasteiger charge is -2.35. The molecule has 0 aliphatic carbocycles. The molecule has 3 amide bonds. The van der Waals surface area contributed by atoms with Crippen LogP contribution in [0.25, 0.3) is 0 Å². The average molecular weight is 436 g/mol. The van der Waals surface area contributed by atoms with E-state index in [0.29, 0.717) is 25.9 Å². The van der Waals surface area contributed by atoms with Crippen LogP contribution in [0.1, 0.15) is 19.8 Å². The van der Waals surface area contributed by atoms with Crippen molar-refractivity contribution in [1.82, 2.24) is 9.80 Å². The number of hydrogen-bond donors (Lipinski definition) is 2. The number of anilines is 3. The lowest BCUT2D eigenvalue weighted by Crippen LogP contribution is -2.46. The van der Waals surface area contributed by atoms with E-state index in [9.17, 15) is 9.59 Å². The Morgan fingerprint density at radius 3 is 2.06 bits per heavy atom. The SMILES string of the molecule is CCN1CCN(c2ccc(NC(=O)C3CCN(C(=O)Nc4ccccc4)CC3)cc2)CC1. The Kier molecular flexibility index (Phi) is 7.27. The van der Waals surface area contributed by atoms with Crippen LogP contribution in [0.15, 0.2) is 54.6 Å². The Hall–Kier alpha value is -3.06. The molecule has 7 heteroatoms. The third kappa shape index (κ3) is 5.59. The maximum atomic E-state index is 12.7. The molecule has 0 bridgehead atoms. The summed E-state index contributed by atoms with van der Waals surface area (Å²) >= 11 is 0. The second-order valence-electron chi connectivity index (χ2n) is 8.51. The average Bonchev–Trinajstić information content (AvgIpc) is 2.85. The molecule has 2 aromatic rings. The van der Waals surface area contributed by atoms with Crippen LogP contribution in [0, 0.1) is 5.92 Å². The molecular weight excluding hydrogens is 402 g/mol. The van der Waals surface area contributed by atoms with Gasteiger partial charge in [-0.15, -0.1) is 0 Å². The van der Waals surface area contributed by atoms with Gasteiger partial charge in [0.25, 0.3) is 0 Å². The second-order valence-corrected chi connectivity index (χ2v) is 8.51. The van der Waals surface area contributed by atoms with Crippen LogP contribution in [-0.4, -0.2) is 67.6 Å². The summed E-state index contributed by atoms with van der Waals surface area (Å²) in [5, 5.41) is 5.97. The first-order valence-electron chi connectivity index (χ1n) is 11.6. The highest BCUT2D eigenvalue weighted by Gasteiger charge is 2.27. The predicted molar refractivity (Wildman–Crippen MR) is 129 cm³/mol. The minimum absolute atomic E-state index is 0.0393. The van der Waals surface area contributed by atoms with Crippen LogP contribution in [-0.2, 0) is 4.79 Å². The molecule has 2 heterocycles. The number of likely N-dealkylation sites (N-methyl/N-ethyl adjacent to an activating group) is 1. The molecule has 170 valence electrons.